The van der Waals surface area contributed by atoms with Crippen molar-refractivity contribution in [2.24, 2.45) is 0 Å². The van der Waals surface area contributed by atoms with Crippen LogP contribution in [0.2, 0.25) is 10.0 Å². The number of aliphatic hydroxyl groups is 1. The summed E-state index contributed by atoms with van der Waals surface area (Å²) in [6, 6.07) is 9.90. The van der Waals surface area contributed by atoms with Crippen LogP contribution in [-0.4, -0.2) is 66.0 Å². The van der Waals surface area contributed by atoms with Gasteiger partial charge >= 0.3 is 0 Å². The van der Waals surface area contributed by atoms with Crippen LogP contribution in [0.5, 0.6) is 0 Å². The van der Waals surface area contributed by atoms with Crippen LogP contribution in [-0.2, 0) is 14.3 Å². The minimum atomic E-state index is -0.763. The molecule has 0 radical (unpaired) electrons. The van der Waals surface area contributed by atoms with Crippen molar-refractivity contribution in [2.75, 3.05) is 39.4 Å². The molecule has 0 aliphatic carbocycles. The maximum atomic E-state index is 13.2. The van der Waals surface area contributed by atoms with Crippen LogP contribution in [0, 0.1) is 13.8 Å². The zero-order valence-corrected chi connectivity index (χ0v) is 20.1. The van der Waals surface area contributed by atoms with Gasteiger partial charge in [-0.25, -0.2) is 0 Å². The summed E-state index contributed by atoms with van der Waals surface area (Å²) in [6.45, 7) is 7.51. The van der Waals surface area contributed by atoms with Crippen molar-refractivity contribution < 1.29 is 19.4 Å². The fraction of sp³-hybridized carbons (Fsp3) is 0.360. The maximum absolute atomic E-state index is 13.2. The zero-order chi connectivity index (χ0) is 23.7. The first kappa shape index (κ1) is 23.8. The molecule has 2 aliphatic rings. The fourth-order valence-corrected chi connectivity index (χ4v) is 4.66. The molecule has 1 N–H and O–H groups in total. The first-order chi connectivity index (χ1) is 15.8. The van der Waals surface area contributed by atoms with Gasteiger partial charge in [-0.2, -0.15) is 0 Å². The number of aliphatic hydroxyl groups excluding tert-OH is 1. The molecule has 2 aromatic carbocycles. The molecule has 0 saturated carbocycles. The molecule has 0 bridgehead atoms. The van der Waals surface area contributed by atoms with E-state index in [2.05, 4.69) is 4.90 Å². The Bertz CT molecular complexity index is 1130. The van der Waals surface area contributed by atoms with Gasteiger partial charge in [0.15, 0.2) is 0 Å². The van der Waals surface area contributed by atoms with E-state index in [4.69, 9.17) is 27.9 Å². The Hall–Kier alpha value is -2.38. The Labute approximate surface area is 203 Å². The summed E-state index contributed by atoms with van der Waals surface area (Å²) in [5.74, 6) is -1.52. The summed E-state index contributed by atoms with van der Waals surface area (Å²) < 4.78 is 5.40. The lowest BCUT2D eigenvalue weighted by atomic mass is 9.93. The molecule has 33 heavy (non-hydrogen) atoms. The highest BCUT2D eigenvalue weighted by atomic mass is 35.5. The number of carbonyl (C=O) groups is 2. The monoisotopic (exact) mass is 488 g/mol. The Morgan fingerprint density at radius 3 is 2.45 bits per heavy atom. The van der Waals surface area contributed by atoms with Crippen molar-refractivity contribution in [3.63, 3.8) is 0 Å². The number of nitrogens with zero attached hydrogens (tertiary/aromatic N) is 2. The Kier molecular flexibility index (Phi) is 7.10. The molecule has 1 atom stereocenters. The van der Waals surface area contributed by atoms with Gasteiger partial charge in [-0.3, -0.25) is 14.5 Å². The lowest BCUT2D eigenvalue weighted by Crippen LogP contribution is -2.42. The Balaban J connectivity index is 1.79. The molecule has 0 aromatic heterocycles. The van der Waals surface area contributed by atoms with Gasteiger partial charge < -0.3 is 14.7 Å². The number of halogens is 2. The molecule has 2 aliphatic heterocycles. The van der Waals surface area contributed by atoms with Gasteiger partial charge in [0, 0.05) is 31.7 Å². The average Bonchev–Trinajstić information content (AvgIpc) is 3.06. The van der Waals surface area contributed by atoms with Crippen molar-refractivity contribution >= 4 is 40.7 Å². The highest BCUT2D eigenvalue weighted by Crippen LogP contribution is 2.41. The van der Waals surface area contributed by atoms with Crippen molar-refractivity contribution in [1.29, 1.82) is 0 Å². The highest BCUT2D eigenvalue weighted by molar-refractivity contribution is 6.47. The topological polar surface area (TPSA) is 70.1 Å². The number of aryl methyl sites for hydroxylation is 2. The van der Waals surface area contributed by atoms with Crippen molar-refractivity contribution in [3.05, 3.63) is 74.3 Å². The van der Waals surface area contributed by atoms with Gasteiger partial charge in [0.25, 0.3) is 11.7 Å². The third-order valence-corrected chi connectivity index (χ3v) is 6.95. The number of amides is 1. The maximum Gasteiger partial charge on any atom is 0.295 e. The number of benzene rings is 2. The number of hydrogen-bond donors (Lipinski definition) is 1. The van der Waals surface area contributed by atoms with E-state index in [9.17, 15) is 14.7 Å². The van der Waals surface area contributed by atoms with E-state index < -0.39 is 17.7 Å². The van der Waals surface area contributed by atoms with Gasteiger partial charge in [-0.1, -0.05) is 47.0 Å². The summed E-state index contributed by atoms with van der Waals surface area (Å²) in [4.78, 5) is 30.1. The molecule has 174 valence electrons. The molecule has 2 aromatic rings. The Morgan fingerprint density at radius 1 is 1.03 bits per heavy atom. The molecule has 2 saturated heterocycles. The summed E-state index contributed by atoms with van der Waals surface area (Å²) >= 11 is 12.4. The Morgan fingerprint density at radius 2 is 1.76 bits per heavy atom. The van der Waals surface area contributed by atoms with E-state index in [0.29, 0.717) is 47.5 Å². The van der Waals surface area contributed by atoms with E-state index in [0.717, 1.165) is 24.2 Å². The lowest BCUT2D eigenvalue weighted by molar-refractivity contribution is -0.140. The van der Waals surface area contributed by atoms with Gasteiger partial charge in [-0.15, -0.1) is 0 Å². The fourth-order valence-electron chi connectivity index (χ4n) is 4.35. The minimum Gasteiger partial charge on any atom is -0.507 e. The smallest absolute Gasteiger partial charge is 0.295 e. The quantitative estimate of drug-likeness (QED) is 0.384. The van der Waals surface area contributed by atoms with Crippen LogP contribution < -0.4 is 0 Å². The molecule has 6 nitrogen and oxygen atoms in total. The van der Waals surface area contributed by atoms with E-state index in [1.165, 1.54) is 4.90 Å². The zero-order valence-electron chi connectivity index (χ0n) is 18.6. The van der Waals surface area contributed by atoms with Gasteiger partial charge in [-0.05, 0) is 43.2 Å². The van der Waals surface area contributed by atoms with E-state index in [1.807, 2.05) is 32.0 Å². The van der Waals surface area contributed by atoms with Gasteiger partial charge in [0.2, 0.25) is 0 Å². The minimum absolute atomic E-state index is 0.0640. The number of rotatable bonds is 5. The molecular weight excluding hydrogens is 463 g/mol. The largest absolute Gasteiger partial charge is 0.507 e. The first-order valence-corrected chi connectivity index (χ1v) is 11.6. The number of carbonyl (C=O) groups excluding carboxylic acids is 2. The summed E-state index contributed by atoms with van der Waals surface area (Å²) in [6.07, 6.45) is 0. The number of hydrogen-bond acceptors (Lipinski definition) is 5. The molecule has 2 heterocycles. The molecule has 4 rings (SSSR count). The van der Waals surface area contributed by atoms with Crippen LogP contribution in [0.3, 0.4) is 0 Å². The van der Waals surface area contributed by atoms with Crippen molar-refractivity contribution in [1.82, 2.24) is 9.80 Å². The number of morpholine rings is 1. The van der Waals surface area contributed by atoms with Crippen LogP contribution in [0.4, 0.5) is 0 Å². The third-order valence-electron chi connectivity index (χ3n) is 6.21. The third kappa shape index (κ3) is 4.80. The number of Topliss-reactive ketones (excluding diaryl/α,β-unsaturated/α-hetero) is 1. The molecule has 1 unspecified atom stereocenters. The standard InChI is InChI=1S/C25H26Cl2N2O4/c1-15-3-4-16(2)18(13-15)23(30)21-22(17-5-6-19(26)20(27)14-17)29(25(32)24(21)31)8-7-28-9-11-33-12-10-28/h3-6,13-14,22,30H,7-12H2,1-2H3. The summed E-state index contributed by atoms with van der Waals surface area (Å²) in [5, 5.41) is 12.0. The van der Waals surface area contributed by atoms with Gasteiger partial charge in [0.1, 0.15) is 5.76 Å². The molecular formula is C25H26Cl2N2O4. The summed E-state index contributed by atoms with van der Waals surface area (Å²) in [7, 11) is 0. The van der Waals surface area contributed by atoms with E-state index in [-0.39, 0.29) is 11.3 Å². The summed E-state index contributed by atoms with van der Waals surface area (Å²) in [5.41, 5.74) is 2.97. The van der Waals surface area contributed by atoms with Crippen LogP contribution in [0.1, 0.15) is 28.3 Å². The molecule has 2 fully saturated rings. The van der Waals surface area contributed by atoms with Crippen LogP contribution in [0.25, 0.3) is 5.76 Å². The molecule has 1 amide bonds. The molecule has 0 spiro atoms. The first-order valence-electron chi connectivity index (χ1n) is 10.9. The second-order valence-corrected chi connectivity index (χ2v) is 9.25. The van der Waals surface area contributed by atoms with Crippen LogP contribution >= 0.6 is 23.2 Å². The van der Waals surface area contributed by atoms with Gasteiger partial charge in [0.05, 0.1) is 34.9 Å². The predicted octanol–water partition coefficient (Wildman–Crippen LogP) is 4.36. The number of likely N-dealkylation sites (tertiary alicyclic amines) is 1. The van der Waals surface area contributed by atoms with Crippen molar-refractivity contribution in [3.8, 4) is 0 Å². The SMILES string of the molecule is Cc1ccc(C)c(C(O)=C2C(=O)C(=O)N(CCN3CCOCC3)C2c2ccc(Cl)c(Cl)c2)c1. The number of ether oxygens (including phenoxy) is 1. The lowest BCUT2D eigenvalue weighted by Gasteiger charge is -2.31. The predicted molar refractivity (Wildman–Crippen MR) is 129 cm³/mol. The average molecular weight is 489 g/mol. The van der Waals surface area contributed by atoms with E-state index in [1.54, 1.807) is 18.2 Å². The normalized spacial score (nSPS) is 21.1. The number of ketones is 1. The molecule has 8 heteroatoms. The second-order valence-electron chi connectivity index (χ2n) is 8.44. The van der Waals surface area contributed by atoms with Crippen LogP contribution in [0.15, 0.2) is 42.0 Å². The second kappa shape index (κ2) is 9.85. The highest BCUT2D eigenvalue weighted by Gasteiger charge is 2.46. The van der Waals surface area contributed by atoms with E-state index >= 15 is 0 Å². The van der Waals surface area contributed by atoms with Crippen molar-refractivity contribution in [2.45, 2.75) is 19.9 Å².